The molecule has 130 valence electrons. The van der Waals surface area contributed by atoms with Gasteiger partial charge in [-0.15, -0.1) is 10.2 Å². The summed E-state index contributed by atoms with van der Waals surface area (Å²) in [5, 5.41) is 9.59. The molecule has 0 aliphatic carbocycles. The van der Waals surface area contributed by atoms with E-state index in [0.717, 1.165) is 11.3 Å². The number of methoxy groups -OCH3 is 1. The zero-order chi connectivity index (χ0) is 18.1. The van der Waals surface area contributed by atoms with Crippen LogP contribution in [0.1, 0.15) is 17.2 Å². The van der Waals surface area contributed by atoms with Crippen LogP contribution in [0.15, 0.2) is 63.7 Å². The van der Waals surface area contributed by atoms with E-state index in [1.165, 1.54) is 11.8 Å². The maximum Gasteiger partial charge on any atom is 0.234 e. The standard InChI is InChI=1S/C19H14ClN3O2S/c1-25-14-8-4-12(5-9-14)16-18(24)17-19(23-22-16)26-10-15(21-17)11-2-6-13(20)7-3-11/h2-9,15H,10H2,1H3. The van der Waals surface area contributed by atoms with Gasteiger partial charge in [-0.25, -0.2) is 0 Å². The fraction of sp³-hybridized carbons (Fsp3) is 0.158. The van der Waals surface area contributed by atoms with Gasteiger partial charge in [0.1, 0.15) is 22.2 Å². The molecule has 2 heterocycles. The molecule has 2 aromatic carbocycles. The summed E-state index contributed by atoms with van der Waals surface area (Å²) in [4.78, 5) is 17.6. The fourth-order valence-electron chi connectivity index (χ4n) is 2.75. The van der Waals surface area contributed by atoms with Crippen LogP contribution >= 0.6 is 23.4 Å². The number of nitrogens with zero attached hydrogens (tertiary/aromatic N) is 3. The molecule has 0 saturated carbocycles. The van der Waals surface area contributed by atoms with E-state index in [0.29, 0.717) is 32.8 Å². The Morgan fingerprint density at radius 3 is 2.46 bits per heavy atom. The highest BCUT2D eigenvalue weighted by molar-refractivity contribution is 8.16. The molecule has 2 aliphatic rings. The van der Waals surface area contributed by atoms with E-state index in [1.54, 1.807) is 31.4 Å². The van der Waals surface area contributed by atoms with Gasteiger partial charge >= 0.3 is 0 Å². The molecule has 0 aromatic heterocycles. The minimum atomic E-state index is -0.202. The predicted octanol–water partition coefficient (Wildman–Crippen LogP) is 3.96. The van der Waals surface area contributed by atoms with Crippen molar-refractivity contribution in [2.24, 2.45) is 15.2 Å². The maximum absolute atomic E-state index is 12.9. The molecule has 0 radical (unpaired) electrons. The van der Waals surface area contributed by atoms with E-state index in [2.05, 4.69) is 15.2 Å². The molecule has 0 fully saturated rings. The van der Waals surface area contributed by atoms with Crippen LogP contribution in [0.4, 0.5) is 0 Å². The topological polar surface area (TPSA) is 63.4 Å². The Balaban J connectivity index is 1.66. The van der Waals surface area contributed by atoms with Crippen LogP contribution in [-0.4, -0.2) is 35.1 Å². The summed E-state index contributed by atoms with van der Waals surface area (Å²) in [5.41, 5.74) is 2.39. The smallest absolute Gasteiger partial charge is 0.234 e. The van der Waals surface area contributed by atoms with Crippen molar-refractivity contribution in [1.29, 1.82) is 0 Å². The van der Waals surface area contributed by atoms with Crippen molar-refractivity contribution in [2.75, 3.05) is 12.9 Å². The third-order valence-electron chi connectivity index (χ3n) is 4.15. The lowest BCUT2D eigenvalue weighted by atomic mass is 10.0. The van der Waals surface area contributed by atoms with Gasteiger partial charge in [-0.3, -0.25) is 9.79 Å². The number of rotatable bonds is 3. The first-order chi connectivity index (χ1) is 12.7. The molecule has 0 amide bonds. The summed E-state index contributed by atoms with van der Waals surface area (Å²) in [7, 11) is 1.60. The van der Waals surface area contributed by atoms with E-state index >= 15 is 0 Å². The second-order valence-electron chi connectivity index (χ2n) is 5.77. The molecule has 2 aromatic rings. The largest absolute Gasteiger partial charge is 0.497 e. The number of ether oxygens (including phenoxy) is 1. The number of aliphatic imine (C=N–C) groups is 1. The van der Waals surface area contributed by atoms with Crippen LogP contribution in [0.2, 0.25) is 5.02 Å². The van der Waals surface area contributed by atoms with Gasteiger partial charge in [0.15, 0.2) is 0 Å². The molecule has 7 heteroatoms. The van der Waals surface area contributed by atoms with Gasteiger partial charge in [0.2, 0.25) is 5.78 Å². The molecule has 0 bridgehead atoms. The molecular formula is C19H14ClN3O2S. The van der Waals surface area contributed by atoms with Crippen LogP contribution in [0.3, 0.4) is 0 Å². The van der Waals surface area contributed by atoms with Crippen molar-refractivity contribution in [2.45, 2.75) is 6.04 Å². The summed E-state index contributed by atoms with van der Waals surface area (Å²) in [6, 6.07) is 14.6. The lowest BCUT2D eigenvalue weighted by Crippen LogP contribution is -2.35. The van der Waals surface area contributed by atoms with Crippen molar-refractivity contribution in [3.8, 4) is 5.75 Å². The van der Waals surface area contributed by atoms with Crippen LogP contribution < -0.4 is 4.74 Å². The summed E-state index contributed by atoms with van der Waals surface area (Å²) >= 11 is 7.45. The molecule has 1 atom stereocenters. The van der Waals surface area contributed by atoms with E-state index in [-0.39, 0.29) is 11.8 Å². The lowest BCUT2D eigenvalue weighted by Gasteiger charge is -2.23. The van der Waals surface area contributed by atoms with E-state index < -0.39 is 0 Å². The third-order valence-corrected chi connectivity index (χ3v) is 5.44. The molecule has 0 spiro atoms. The predicted molar refractivity (Wildman–Crippen MR) is 106 cm³/mol. The summed E-state index contributed by atoms with van der Waals surface area (Å²) in [6.07, 6.45) is 0. The monoisotopic (exact) mass is 383 g/mol. The quantitative estimate of drug-likeness (QED) is 0.805. The van der Waals surface area contributed by atoms with Crippen LogP contribution in [0.25, 0.3) is 0 Å². The van der Waals surface area contributed by atoms with Crippen molar-refractivity contribution in [1.82, 2.24) is 0 Å². The molecule has 2 aliphatic heterocycles. The minimum Gasteiger partial charge on any atom is -0.497 e. The normalized spacial score (nSPS) is 19.2. The third kappa shape index (κ3) is 3.18. The Bertz CT molecular complexity index is 950. The van der Waals surface area contributed by atoms with E-state index in [9.17, 15) is 4.79 Å². The average molecular weight is 384 g/mol. The first-order valence-electron chi connectivity index (χ1n) is 7.97. The lowest BCUT2D eigenvalue weighted by molar-refractivity contribution is -0.107. The number of halogens is 1. The van der Waals surface area contributed by atoms with Gasteiger partial charge in [-0.1, -0.05) is 35.5 Å². The van der Waals surface area contributed by atoms with E-state index in [1.807, 2.05) is 24.3 Å². The fourth-order valence-corrected chi connectivity index (χ4v) is 3.84. The molecule has 0 saturated heterocycles. The molecule has 26 heavy (non-hydrogen) atoms. The Morgan fingerprint density at radius 2 is 1.77 bits per heavy atom. The maximum atomic E-state index is 12.9. The number of hydrogen-bond acceptors (Lipinski definition) is 6. The van der Waals surface area contributed by atoms with Gasteiger partial charge in [-0.05, 0) is 42.0 Å². The minimum absolute atomic E-state index is 0.106. The van der Waals surface area contributed by atoms with Crippen molar-refractivity contribution in [3.63, 3.8) is 0 Å². The Kier molecular flexibility index (Phi) is 4.61. The SMILES string of the molecule is COc1ccc(C2=NN=C3SCC(c4ccc(Cl)cc4)N=C3C2=O)cc1. The van der Waals surface area contributed by atoms with Gasteiger partial charge in [-0.2, -0.15) is 0 Å². The van der Waals surface area contributed by atoms with Gasteiger partial charge in [0.25, 0.3) is 0 Å². The number of hydrogen-bond donors (Lipinski definition) is 0. The first kappa shape index (κ1) is 17.0. The first-order valence-corrected chi connectivity index (χ1v) is 9.33. The Morgan fingerprint density at radius 1 is 1.04 bits per heavy atom. The number of carbonyl (C=O) groups is 1. The van der Waals surface area contributed by atoms with Crippen molar-refractivity contribution >= 4 is 45.6 Å². The van der Waals surface area contributed by atoms with Gasteiger partial charge in [0.05, 0.1) is 13.2 Å². The molecular weight excluding hydrogens is 370 g/mol. The van der Waals surface area contributed by atoms with Crippen molar-refractivity contribution < 1.29 is 9.53 Å². The second kappa shape index (κ2) is 7.05. The van der Waals surface area contributed by atoms with Gasteiger partial charge in [0, 0.05) is 16.3 Å². The second-order valence-corrected chi connectivity index (χ2v) is 7.21. The zero-order valence-electron chi connectivity index (χ0n) is 13.8. The molecule has 4 rings (SSSR count). The van der Waals surface area contributed by atoms with Crippen LogP contribution in [-0.2, 0) is 4.79 Å². The molecule has 0 N–H and O–H groups in total. The Hall–Kier alpha value is -2.44. The number of thioether (sulfide) groups is 1. The molecule has 5 nitrogen and oxygen atoms in total. The molecule has 1 unspecified atom stereocenters. The number of carbonyl (C=O) groups excluding carboxylic acids is 1. The highest BCUT2D eigenvalue weighted by atomic mass is 35.5. The number of ketones is 1. The van der Waals surface area contributed by atoms with Crippen LogP contribution in [0.5, 0.6) is 5.75 Å². The zero-order valence-corrected chi connectivity index (χ0v) is 15.4. The summed E-state index contributed by atoms with van der Waals surface area (Å²) in [5.74, 6) is 1.23. The Labute approximate surface area is 159 Å². The highest BCUT2D eigenvalue weighted by Gasteiger charge is 2.33. The summed E-state index contributed by atoms with van der Waals surface area (Å²) in [6.45, 7) is 0. The van der Waals surface area contributed by atoms with Crippen LogP contribution in [0, 0.1) is 0 Å². The van der Waals surface area contributed by atoms with Crippen molar-refractivity contribution in [3.05, 3.63) is 64.7 Å². The van der Waals surface area contributed by atoms with Gasteiger partial charge < -0.3 is 4.74 Å². The average Bonchev–Trinajstić information content (AvgIpc) is 2.69. The number of benzene rings is 2. The number of fused-ring (bicyclic) bond motifs is 1. The number of Topliss-reactive ketones (excluding diaryl/α,β-unsaturated/α-hetero) is 1. The van der Waals surface area contributed by atoms with E-state index in [4.69, 9.17) is 16.3 Å². The summed E-state index contributed by atoms with van der Waals surface area (Å²) < 4.78 is 5.15. The highest BCUT2D eigenvalue weighted by Crippen LogP contribution is 2.31.